The number of fused-ring (bicyclic) bond motifs is 1. The molecule has 0 fully saturated rings. The van der Waals surface area contributed by atoms with Gasteiger partial charge in [0, 0.05) is 26.3 Å². The van der Waals surface area contributed by atoms with E-state index in [1.165, 1.54) is 0 Å². The van der Waals surface area contributed by atoms with Gasteiger partial charge in [0.05, 0.1) is 0 Å². The van der Waals surface area contributed by atoms with Crippen molar-refractivity contribution in [1.29, 1.82) is 0 Å². The molecule has 1 aliphatic heterocycles. The van der Waals surface area contributed by atoms with Gasteiger partial charge in [0.25, 0.3) is 0 Å². The van der Waals surface area contributed by atoms with Crippen LogP contribution in [0, 0.1) is 0 Å². The zero-order chi connectivity index (χ0) is 13.7. The van der Waals surface area contributed by atoms with Crippen LogP contribution in [0.3, 0.4) is 0 Å². The largest absolute Gasteiger partial charge is 0.480 e. The summed E-state index contributed by atoms with van der Waals surface area (Å²) in [6, 6.07) is 7.35. The van der Waals surface area contributed by atoms with Crippen molar-refractivity contribution in [2.45, 2.75) is 25.8 Å². The number of ether oxygens (including phenoxy) is 1. The van der Waals surface area contributed by atoms with Gasteiger partial charge in [0.2, 0.25) is 0 Å². The van der Waals surface area contributed by atoms with Gasteiger partial charge in [-0.25, -0.2) is 0 Å². The van der Waals surface area contributed by atoms with E-state index in [2.05, 4.69) is 0 Å². The molecule has 0 saturated carbocycles. The van der Waals surface area contributed by atoms with E-state index in [0.717, 1.165) is 37.1 Å². The SMILES string of the molecule is CCOCCCN1CCc2ccccc2C1C(=O)O. The molecule has 1 atom stereocenters. The summed E-state index contributed by atoms with van der Waals surface area (Å²) < 4.78 is 5.32. The summed E-state index contributed by atoms with van der Waals surface area (Å²) >= 11 is 0. The summed E-state index contributed by atoms with van der Waals surface area (Å²) in [4.78, 5) is 13.6. The van der Waals surface area contributed by atoms with Gasteiger partial charge in [-0.3, -0.25) is 9.69 Å². The minimum Gasteiger partial charge on any atom is -0.480 e. The van der Waals surface area contributed by atoms with Crippen molar-refractivity contribution in [3.8, 4) is 0 Å². The van der Waals surface area contributed by atoms with Crippen molar-refractivity contribution in [2.75, 3.05) is 26.3 Å². The lowest BCUT2D eigenvalue weighted by Crippen LogP contribution is -2.40. The van der Waals surface area contributed by atoms with Crippen LogP contribution in [0.5, 0.6) is 0 Å². The summed E-state index contributed by atoms with van der Waals surface area (Å²) in [6.45, 7) is 4.95. The van der Waals surface area contributed by atoms with Crippen LogP contribution in [0.2, 0.25) is 0 Å². The Bertz CT molecular complexity index is 433. The smallest absolute Gasteiger partial charge is 0.325 e. The molecule has 1 N–H and O–H groups in total. The van der Waals surface area contributed by atoms with Crippen LogP contribution in [0.15, 0.2) is 24.3 Å². The van der Waals surface area contributed by atoms with Crippen LogP contribution in [-0.4, -0.2) is 42.3 Å². The monoisotopic (exact) mass is 263 g/mol. The predicted octanol–water partition coefficient (Wildman–Crippen LogP) is 2.10. The first-order valence-corrected chi connectivity index (χ1v) is 6.86. The average molecular weight is 263 g/mol. The van der Waals surface area contributed by atoms with Gasteiger partial charge < -0.3 is 9.84 Å². The van der Waals surface area contributed by atoms with E-state index in [1.54, 1.807) is 0 Å². The molecular weight excluding hydrogens is 242 g/mol. The maximum atomic E-state index is 11.5. The maximum absolute atomic E-state index is 11.5. The molecule has 1 unspecified atom stereocenters. The summed E-state index contributed by atoms with van der Waals surface area (Å²) in [7, 11) is 0. The molecule has 0 amide bonds. The quantitative estimate of drug-likeness (QED) is 0.799. The van der Waals surface area contributed by atoms with Crippen molar-refractivity contribution in [3.05, 3.63) is 35.4 Å². The molecule has 1 aliphatic rings. The number of carboxylic acids is 1. The van der Waals surface area contributed by atoms with Crippen LogP contribution >= 0.6 is 0 Å². The van der Waals surface area contributed by atoms with Crippen molar-refractivity contribution >= 4 is 5.97 Å². The number of aliphatic carboxylic acids is 1. The Labute approximate surface area is 114 Å². The molecule has 0 spiro atoms. The molecule has 0 bridgehead atoms. The molecule has 0 aromatic heterocycles. The normalized spacial score (nSPS) is 19.1. The number of hydrogen-bond acceptors (Lipinski definition) is 3. The number of rotatable bonds is 6. The number of carbonyl (C=O) groups is 1. The van der Waals surface area contributed by atoms with E-state index < -0.39 is 12.0 Å². The average Bonchev–Trinajstić information content (AvgIpc) is 2.42. The maximum Gasteiger partial charge on any atom is 0.325 e. The number of hydrogen-bond donors (Lipinski definition) is 1. The van der Waals surface area contributed by atoms with E-state index in [9.17, 15) is 9.90 Å². The highest BCUT2D eigenvalue weighted by atomic mass is 16.5. The van der Waals surface area contributed by atoms with Crippen molar-refractivity contribution in [2.24, 2.45) is 0 Å². The Morgan fingerprint density at radius 3 is 3.00 bits per heavy atom. The van der Waals surface area contributed by atoms with Gasteiger partial charge >= 0.3 is 5.97 Å². The predicted molar refractivity (Wildman–Crippen MR) is 73.2 cm³/mol. The Morgan fingerprint density at radius 2 is 2.26 bits per heavy atom. The first kappa shape index (κ1) is 14.0. The molecule has 0 aliphatic carbocycles. The van der Waals surface area contributed by atoms with Crippen molar-refractivity contribution in [3.63, 3.8) is 0 Å². The summed E-state index contributed by atoms with van der Waals surface area (Å²) in [6.07, 6.45) is 1.80. The third-order valence-corrected chi connectivity index (χ3v) is 3.56. The highest BCUT2D eigenvalue weighted by Gasteiger charge is 2.32. The van der Waals surface area contributed by atoms with Gasteiger partial charge in [-0.1, -0.05) is 24.3 Å². The molecule has 4 heteroatoms. The lowest BCUT2D eigenvalue weighted by molar-refractivity contribution is -0.144. The molecule has 1 heterocycles. The zero-order valence-electron chi connectivity index (χ0n) is 11.3. The minimum atomic E-state index is -0.761. The molecule has 2 rings (SSSR count). The Hall–Kier alpha value is -1.39. The first-order valence-electron chi connectivity index (χ1n) is 6.86. The molecule has 1 aromatic rings. The van der Waals surface area contributed by atoms with E-state index in [1.807, 2.05) is 36.1 Å². The summed E-state index contributed by atoms with van der Waals surface area (Å²) in [5, 5.41) is 9.49. The van der Waals surface area contributed by atoms with E-state index >= 15 is 0 Å². The van der Waals surface area contributed by atoms with E-state index in [0.29, 0.717) is 13.2 Å². The van der Waals surface area contributed by atoms with Crippen LogP contribution in [-0.2, 0) is 16.0 Å². The van der Waals surface area contributed by atoms with Crippen LogP contribution in [0.25, 0.3) is 0 Å². The standard InChI is InChI=1S/C15H21NO3/c1-2-19-11-5-9-16-10-8-12-6-3-4-7-13(12)14(16)15(17)18/h3-4,6-7,14H,2,5,8-11H2,1H3,(H,17,18). The molecule has 104 valence electrons. The Kier molecular flexibility index (Phi) is 4.93. The summed E-state index contributed by atoms with van der Waals surface area (Å²) in [5.74, 6) is -0.761. The third kappa shape index (κ3) is 3.33. The second-order valence-electron chi connectivity index (χ2n) is 4.78. The second-order valence-corrected chi connectivity index (χ2v) is 4.78. The molecule has 0 radical (unpaired) electrons. The highest BCUT2D eigenvalue weighted by molar-refractivity contribution is 5.76. The molecular formula is C15H21NO3. The molecule has 1 aromatic carbocycles. The van der Waals surface area contributed by atoms with Crippen molar-refractivity contribution in [1.82, 2.24) is 4.90 Å². The van der Waals surface area contributed by atoms with Crippen molar-refractivity contribution < 1.29 is 14.6 Å². The van der Waals surface area contributed by atoms with Gasteiger partial charge in [-0.05, 0) is 30.9 Å². The Balaban J connectivity index is 2.07. The van der Waals surface area contributed by atoms with Crippen LogP contribution in [0.4, 0.5) is 0 Å². The van der Waals surface area contributed by atoms with Gasteiger partial charge in [-0.15, -0.1) is 0 Å². The fourth-order valence-corrected chi connectivity index (χ4v) is 2.66. The van der Waals surface area contributed by atoms with E-state index in [4.69, 9.17) is 4.74 Å². The van der Waals surface area contributed by atoms with Gasteiger partial charge in [0.15, 0.2) is 0 Å². The number of benzene rings is 1. The fourth-order valence-electron chi connectivity index (χ4n) is 2.66. The zero-order valence-corrected chi connectivity index (χ0v) is 11.3. The topological polar surface area (TPSA) is 49.8 Å². The third-order valence-electron chi connectivity index (χ3n) is 3.56. The highest BCUT2D eigenvalue weighted by Crippen LogP contribution is 2.29. The lowest BCUT2D eigenvalue weighted by atomic mass is 9.92. The molecule has 0 saturated heterocycles. The summed E-state index contributed by atoms with van der Waals surface area (Å²) in [5.41, 5.74) is 2.11. The fraction of sp³-hybridized carbons (Fsp3) is 0.533. The molecule has 19 heavy (non-hydrogen) atoms. The van der Waals surface area contributed by atoms with Crippen LogP contribution in [0.1, 0.15) is 30.5 Å². The van der Waals surface area contributed by atoms with E-state index in [-0.39, 0.29) is 0 Å². The number of carboxylic acid groups (broad SMARTS) is 1. The number of nitrogens with zero attached hydrogens (tertiary/aromatic N) is 1. The van der Waals surface area contributed by atoms with Crippen LogP contribution < -0.4 is 0 Å². The van der Waals surface area contributed by atoms with Gasteiger partial charge in [-0.2, -0.15) is 0 Å². The Morgan fingerprint density at radius 1 is 1.47 bits per heavy atom. The van der Waals surface area contributed by atoms with Gasteiger partial charge in [0.1, 0.15) is 6.04 Å². The minimum absolute atomic E-state index is 0.508. The second kappa shape index (κ2) is 6.68. The molecule has 4 nitrogen and oxygen atoms in total. The lowest BCUT2D eigenvalue weighted by Gasteiger charge is -2.34. The first-order chi connectivity index (χ1) is 9.24.